The molecule has 7 heteroatoms. The number of aliphatic hydroxyl groups is 1. The minimum absolute atomic E-state index is 0.00942. The second kappa shape index (κ2) is 9.06. The number of thiophene rings is 1. The van der Waals surface area contributed by atoms with Crippen LogP contribution in [0.25, 0.3) is 0 Å². The molecule has 0 bridgehead atoms. The van der Waals surface area contributed by atoms with E-state index in [0.29, 0.717) is 25.8 Å². The quantitative estimate of drug-likeness (QED) is 0.621. The molecular weight excluding hydrogens is 332 g/mol. The van der Waals surface area contributed by atoms with Crippen LogP contribution < -0.4 is 10.6 Å². The van der Waals surface area contributed by atoms with Crippen LogP contribution in [0.5, 0.6) is 0 Å². The summed E-state index contributed by atoms with van der Waals surface area (Å²) in [7, 11) is 0. The van der Waals surface area contributed by atoms with Crippen molar-refractivity contribution in [3.63, 3.8) is 0 Å². The molecule has 0 saturated carbocycles. The third-order valence-corrected chi connectivity index (χ3v) is 3.97. The number of hydrogen-bond donors (Lipinski definition) is 3. The first kappa shape index (κ1) is 16.1. The summed E-state index contributed by atoms with van der Waals surface area (Å²) in [6.07, 6.45) is 1.58. The van der Waals surface area contributed by atoms with Gasteiger partial charge in [0.2, 0.25) is 11.8 Å². The molecule has 2 amide bonds. The standard InChI is InChI=1S/C12H17BrN2O3S/c13-10-5-4-9(19-10)7-14-12(18)8-15-11(17)3-1-2-6-16/h4-5,16H,1-3,6-8H2,(H,14,18)(H,15,17). The summed E-state index contributed by atoms with van der Waals surface area (Å²) < 4.78 is 1.02. The van der Waals surface area contributed by atoms with E-state index >= 15 is 0 Å². The molecule has 1 aromatic rings. The fourth-order valence-corrected chi connectivity index (χ4v) is 2.78. The van der Waals surface area contributed by atoms with Crippen molar-refractivity contribution in [3.8, 4) is 0 Å². The average molecular weight is 349 g/mol. The van der Waals surface area contributed by atoms with E-state index in [1.54, 1.807) is 11.3 Å². The number of carbonyl (C=O) groups excluding carboxylic acids is 2. The van der Waals surface area contributed by atoms with Gasteiger partial charge in [-0.05, 0) is 40.9 Å². The molecule has 0 spiro atoms. The number of aliphatic hydroxyl groups excluding tert-OH is 1. The van der Waals surface area contributed by atoms with Crippen LogP contribution >= 0.6 is 27.3 Å². The molecular formula is C12H17BrN2O3S. The minimum Gasteiger partial charge on any atom is -0.396 e. The van der Waals surface area contributed by atoms with E-state index in [0.717, 1.165) is 8.66 Å². The Bertz CT molecular complexity index is 423. The summed E-state index contributed by atoms with van der Waals surface area (Å²) in [6, 6.07) is 3.86. The highest BCUT2D eigenvalue weighted by Crippen LogP contribution is 2.21. The van der Waals surface area contributed by atoms with Gasteiger partial charge in [0, 0.05) is 17.9 Å². The van der Waals surface area contributed by atoms with Crippen molar-refractivity contribution >= 4 is 39.1 Å². The molecule has 0 aliphatic carbocycles. The van der Waals surface area contributed by atoms with Crippen LogP contribution in [0, 0.1) is 0 Å². The number of rotatable bonds is 8. The predicted molar refractivity (Wildman–Crippen MR) is 77.8 cm³/mol. The van der Waals surface area contributed by atoms with E-state index in [-0.39, 0.29) is 25.0 Å². The zero-order valence-electron chi connectivity index (χ0n) is 10.4. The highest BCUT2D eigenvalue weighted by Gasteiger charge is 2.05. The highest BCUT2D eigenvalue weighted by atomic mass is 79.9. The average Bonchev–Trinajstić information content (AvgIpc) is 2.80. The van der Waals surface area contributed by atoms with Gasteiger partial charge in [-0.2, -0.15) is 0 Å². The second-order valence-electron chi connectivity index (χ2n) is 3.94. The van der Waals surface area contributed by atoms with Gasteiger partial charge in [-0.1, -0.05) is 0 Å². The fourth-order valence-electron chi connectivity index (χ4n) is 1.36. The topological polar surface area (TPSA) is 78.4 Å². The van der Waals surface area contributed by atoms with Gasteiger partial charge < -0.3 is 15.7 Å². The van der Waals surface area contributed by atoms with Gasteiger partial charge in [0.15, 0.2) is 0 Å². The lowest BCUT2D eigenvalue weighted by Crippen LogP contribution is -2.36. The minimum atomic E-state index is -0.208. The molecule has 0 atom stereocenters. The monoisotopic (exact) mass is 348 g/mol. The van der Waals surface area contributed by atoms with Crippen LogP contribution in [0.1, 0.15) is 24.1 Å². The van der Waals surface area contributed by atoms with Crippen molar-refractivity contribution in [1.82, 2.24) is 10.6 Å². The molecule has 1 rings (SSSR count). The smallest absolute Gasteiger partial charge is 0.239 e. The van der Waals surface area contributed by atoms with Crippen LogP contribution in [0.15, 0.2) is 15.9 Å². The Morgan fingerprint density at radius 3 is 2.63 bits per heavy atom. The Hall–Kier alpha value is -0.920. The molecule has 0 aliphatic rings. The number of nitrogens with one attached hydrogen (secondary N) is 2. The lowest BCUT2D eigenvalue weighted by Gasteiger charge is -2.05. The van der Waals surface area contributed by atoms with Crippen molar-refractivity contribution in [2.45, 2.75) is 25.8 Å². The summed E-state index contributed by atoms with van der Waals surface area (Å²) in [4.78, 5) is 23.9. The molecule has 106 valence electrons. The van der Waals surface area contributed by atoms with E-state index in [9.17, 15) is 9.59 Å². The maximum Gasteiger partial charge on any atom is 0.239 e. The Kier molecular flexibility index (Phi) is 7.69. The summed E-state index contributed by atoms with van der Waals surface area (Å²) in [5.41, 5.74) is 0. The zero-order chi connectivity index (χ0) is 14.1. The summed E-state index contributed by atoms with van der Waals surface area (Å²) in [5.74, 6) is -0.373. The van der Waals surface area contributed by atoms with Gasteiger partial charge in [-0.3, -0.25) is 9.59 Å². The van der Waals surface area contributed by atoms with Gasteiger partial charge in [0.25, 0.3) is 0 Å². The van der Waals surface area contributed by atoms with E-state index in [4.69, 9.17) is 5.11 Å². The Morgan fingerprint density at radius 2 is 2.00 bits per heavy atom. The second-order valence-corrected chi connectivity index (χ2v) is 6.49. The number of halogens is 1. The van der Waals surface area contributed by atoms with Crippen molar-refractivity contribution in [3.05, 3.63) is 20.8 Å². The Labute approximate surface area is 124 Å². The van der Waals surface area contributed by atoms with Crippen LogP contribution in [-0.2, 0) is 16.1 Å². The summed E-state index contributed by atoms with van der Waals surface area (Å²) in [6.45, 7) is 0.546. The predicted octanol–water partition coefficient (Wildman–Crippen LogP) is 1.41. The number of amides is 2. The molecule has 0 fully saturated rings. The molecule has 3 N–H and O–H groups in total. The maximum atomic E-state index is 11.5. The largest absolute Gasteiger partial charge is 0.396 e. The summed E-state index contributed by atoms with van der Waals surface area (Å²) in [5, 5.41) is 13.9. The van der Waals surface area contributed by atoms with Crippen molar-refractivity contribution < 1.29 is 14.7 Å². The number of hydrogen-bond acceptors (Lipinski definition) is 4. The molecule has 5 nitrogen and oxygen atoms in total. The van der Waals surface area contributed by atoms with Crippen LogP contribution in [0.3, 0.4) is 0 Å². The van der Waals surface area contributed by atoms with E-state index < -0.39 is 0 Å². The molecule has 1 heterocycles. The Morgan fingerprint density at radius 1 is 1.21 bits per heavy atom. The van der Waals surface area contributed by atoms with Crippen LogP contribution in [0.2, 0.25) is 0 Å². The molecule has 19 heavy (non-hydrogen) atoms. The lowest BCUT2D eigenvalue weighted by atomic mass is 10.2. The molecule has 0 saturated heterocycles. The number of carbonyl (C=O) groups is 2. The van der Waals surface area contributed by atoms with E-state index in [1.165, 1.54) is 0 Å². The van der Waals surface area contributed by atoms with Gasteiger partial charge in [0.05, 0.1) is 16.9 Å². The van der Waals surface area contributed by atoms with Crippen LogP contribution in [-0.4, -0.2) is 30.1 Å². The molecule has 0 aliphatic heterocycles. The molecule has 0 aromatic carbocycles. The molecule has 0 unspecified atom stereocenters. The van der Waals surface area contributed by atoms with E-state index in [1.807, 2.05) is 12.1 Å². The SMILES string of the molecule is O=C(CCCCO)NCC(=O)NCc1ccc(Br)s1. The third kappa shape index (κ3) is 7.29. The third-order valence-electron chi connectivity index (χ3n) is 2.35. The zero-order valence-corrected chi connectivity index (χ0v) is 12.8. The summed E-state index contributed by atoms with van der Waals surface area (Å²) >= 11 is 4.91. The lowest BCUT2D eigenvalue weighted by molar-refractivity contribution is -0.126. The normalized spacial score (nSPS) is 10.2. The van der Waals surface area contributed by atoms with Crippen molar-refractivity contribution in [1.29, 1.82) is 0 Å². The molecule has 0 radical (unpaired) electrons. The van der Waals surface area contributed by atoms with Gasteiger partial charge >= 0.3 is 0 Å². The Balaban J connectivity index is 2.12. The van der Waals surface area contributed by atoms with Gasteiger partial charge in [-0.15, -0.1) is 11.3 Å². The highest BCUT2D eigenvalue weighted by molar-refractivity contribution is 9.11. The maximum absolute atomic E-state index is 11.5. The first-order valence-corrected chi connectivity index (χ1v) is 7.61. The van der Waals surface area contributed by atoms with Crippen molar-refractivity contribution in [2.24, 2.45) is 0 Å². The number of unbranched alkanes of at least 4 members (excludes halogenated alkanes) is 1. The molecule has 1 aromatic heterocycles. The fraction of sp³-hybridized carbons (Fsp3) is 0.500. The van der Waals surface area contributed by atoms with Crippen molar-refractivity contribution in [2.75, 3.05) is 13.2 Å². The van der Waals surface area contributed by atoms with E-state index in [2.05, 4.69) is 26.6 Å². The van der Waals surface area contributed by atoms with Crippen LogP contribution in [0.4, 0.5) is 0 Å². The first-order valence-electron chi connectivity index (χ1n) is 6.00. The van der Waals surface area contributed by atoms with Gasteiger partial charge in [-0.25, -0.2) is 0 Å². The van der Waals surface area contributed by atoms with Gasteiger partial charge in [0.1, 0.15) is 0 Å². The first-order chi connectivity index (χ1) is 9.11.